The fourth-order valence-corrected chi connectivity index (χ4v) is 3.27. The van der Waals surface area contributed by atoms with Gasteiger partial charge in [-0.05, 0) is 49.6 Å². The van der Waals surface area contributed by atoms with Crippen LogP contribution in [0, 0.1) is 5.82 Å². The minimum absolute atomic E-state index is 0.129. The third-order valence-corrected chi connectivity index (χ3v) is 4.38. The van der Waals surface area contributed by atoms with Crippen LogP contribution >= 0.6 is 0 Å². The van der Waals surface area contributed by atoms with Crippen molar-refractivity contribution in [2.45, 2.75) is 37.5 Å². The summed E-state index contributed by atoms with van der Waals surface area (Å²) in [6.07, 6.45) is -0.0364. The normalized spacial score (nSPS) is 26.8. The van der Waals surface area contributed by atoms with E-state index in [0.29, 0.717) is 24.1 Å². The van der Waals surface area contributed by atoms with E-state index in [-0.39, 0.29) is 11.6 Å². The van der Waals surface area contributed by atoms with Crippen molar-refractivity contribution in [1.82, 2.24) is 4.90 Å². The van der Waals surface area contributed by atoms with E-state index in [9.17, 15) is 17.6 Å². The van der Waals surface area contributed by atoms with E-state index in [1.54, 1.807) is 0 Å². The minimum Gasteiger partial charge on any atom is -0.297 e. The van der Waals surface area contributed by atoms with Crippen LogP contribution in [0.3, 0.4) is 0 Å². The summed E-state index contributed by atoms with van der Waals surface area (Å²) in [6, 6.07) is 3.46. The van der Waals surface area contributed by atoms with Gasteiger partial charge >= 0.3 is 6.18 Å². The molecule has 2 bridgehead atoms. The number of fused-ring (bicyclic) bond motifs is 2. The Hall–Kier alpha value is -1.36. The first kappa shape index (κ1) is 13.6. The molecule has 1 fully saturated rings. The van der Waals surface area contributed by atoms with E-state index in [1.165, 1.54) is 6.07 Å². The maximum atomic E-state index is 13.1. The lowest BCUT2D eigenvalue weighted by atomic mass is 9.91. The van der Waals surface area contributed by atoms with Crippen molar-refractivity contribution in [1.29, 1.82) is 0 Å². The molecule has 2 unspecified atom stereocenters. The van der Waals surface area contributed by atoms with Gasteiger partial charge in [0.25, 0.3) is 0 Å². The topological polar surface area (TPSA) is 3.24 Å². The van der Waals surface area contributed by atoms with Crippen molar-refractivity contribution < 1.29 is 17.6 Å². The highest BCUT2D eigenvalue weighted by Gasteiger charge is 2.38. The van der Waals surface area contributed by atoms with Gasteiger partial charge in [-0.25, -0.2) is 4.39 Å². The van der Waals surface area contributed by atoms with E-state index in [1.807, 2.05) is 13.1 Å². The zero-order chi connectivity index (χ0) is 14.5. The van der Waals surface area contributed by atoms with Crippen LogP contribution in [0.15, 0.2) is 24.3 Å². The van der Waals surface area contributed by atoms with Crippen LogP contribution in [0.4, 0.5) is 17.6 Å². The molecule has 0 spiro atoms. The third-order valence-electron chi connectivity index (χ3n) is 4.38. The Morgan fingerprint density at radius 2 is 1.95 bits per heavy atom. The molecule has 1 nitrogen and oxygen atoms in total. The lowest BCUT2D eigenvalue weighted by Crippen LogP contribution is -2.34. The number of hydrogen-bond donors (Lipinski definition) is 0. The molecule has 3 rings (SSSR count). The smallest absolute Gasteiger partial charge is 0.297 e. The molecule has 5 heteroatoms. The second-order valence-corrected chi connectivity index (χ2v) is 5.55. The highest BCUT2D eigenvalue weighted by Crippen LogP contribution is 2.42. The van der Waals surface area contributed by atoms with Gasteiger partial charge in [0, 0.05) is 12.1 Å². The summed E-state index contributed by atoms with van der Waals surface area (Å²) in [7, 11) is 2.00. The quantitative estimate of drug-likeness (QED) is 0.702. The zero-order valence-electron chi connectivity index (χ0n) is 11.0. The van der Waals surface area contributed by atoms with E-state index in [2.05, 4.69) is 4.90 Å². The summed E-state index contributed by atoms with van der Waals surface area (Å²) >= 11 is 0. The van der Waals surface area contributed by atoms with Crippen LogP contribution < -0.4 is 0 Å². The van der Waals surface area contributed by atoms with Crippen molar-refractivity contribution in [3.05, 3.63) is 41.2 Å². The number of halogens is 4. The van der Waals surface area contributed by atoms with E-state index in [4.69, 9.17) is 0 Å². The predicted octanol–water partition coefficient (Wildman–Crippen LogP) is 4.09. The summed E-state index contributed by atoms with van der Waals surface area (Å²) in [5, 5.41) is 0. The largest absolute Gasteiger partial charge is 0.417 e. The molecule has 108 valence electrons. The van der Waals surface area contributed by atoms with Gasteiger partial charge in [0.05, 0.1) is 5.56 Å². The summed E-state index contributed by atoms with van der Waals surface area (Å²) in [6.45, 7) is 0. The number of alkyl halides is 3. The average molecular weight is 285 g/mol. The SMILES string of the molecule is CN1C2C=C(c3ccc(F)cc3C(F)(F)F)CC1CC2. The first-order valence-corrected chi connectivity index (χ1v) is 6.66. The Bertz CT molecular complexity index is 561. The first-order valence-electron chi connectivity index (χ1n) is 6.66. The molecule has 2 heterocycles. The number of benzene rings is 1. The summed E-state index contributed by atoms with van der Waals surface area (Å²) < 4.78 is 52.3. The average Bonchev–Trinajstić information content (AvgIpc) is 2.61. The van der Waals surface area contributed by atoms with E-state index in [0.717, 1.165) is 18.9 Å². The summed E-state index contributed by atoms with van der Waals surface area (Å²) in [5.74, 6) is -0.849. The monoisotopic (exact) mass is 285 g/mol. The standard InChI is InChI=1S/C15H15F4N/c1-20-11-3-4-12(20)7-9(6-11)13-5-2-10(16)8-14(13)15(17,18)19/h2,5-6,8,11-12H,3-4,7H2,1H3. The highest BCUT2D eigenvalue weighted by molar-refractivity contribution is 5.71. The zero-order valence-corrected chi connectivity index (χ0v) is 11.0. The second-order valence-electron chi connectivity index (χ2n) is 5.55. The fraction of sp³-hybridized carbons (Fsp3) is 0.467. The molecule has 2 aliphatic heterocycles. The van der Waals surface area contributed by atoms with Crippen LogP contribution in [-0.4, -0.2) is 24.0 Å². The molecule has 1 saturated heterocycles. The molecule has 1 aromatic carbocycles. The molecule has 0 aromatic heterocycles. The number of nitrogens with zero attached hydrogens (tertiary/aromatic N) is 1. The maximum absolute atomic E-state index is 13.1. The Labute approximate surface area is 114 Å². The van der Waals surface area contributed by atoms with Gasteiger partial charge in [0.2, 0.25) is 0 Å². The van der Waals surface area contributed by atoms with Gasteiger partial charge in [0.15, 0.2) is 0 Å². The first-order chi connectivity index (χ1) is 9.36. The minimum atomic E-state index is -4.53. The Kier molecular flexibility index (Phi) is 3.12. The summed E-state index contributed by atoms with van der Waals surface area (Å²) in [4.78, 5) is 2.21. The lowest BCUT2D eigenvalue weighted by molar-refractivity contribution is -0.138. The molecule has 2 atom stereocenters. The van der Waals surface area contributed by atoms with E-state index < -0.39 is 17.6 Å². The van der Waals surface area contributed by atoms with Crippen LogP contribution in [0.25, 0.3) is 5.57 Å². The van der Waals surface area contributed by atoms with Crippen LogP contribution in [-0.2, 0) is 6.18 Å². The molecule has 1 aromatic rings. The molecule has 0 aliphatic carbocycles. The maximum Gasteiger partial charge on any atom is 0.417 e. The van der Waals surface area contributed by atoms with Crippen LogP contribution in [0.5, 0.6) is 0 Å². The van der Waals surface area contributed by atoms with Gasteiger partial charge in [0.1, 0.15) is 5.82 Å². The third kappa shape index (κ3) is 2.24. The van der Waals surface area contributed by atoms with Crippen molar-refractivity contribution in [3.8, 4) is 0 Å². The molecule has 0 saturated carbocycles. The number of hydrogen-bond acceptors (Lipinski definition) is 1. The Morgan fingerprint density at radius 3 is 2.60 bits per heavy atom. The van der Waals surface area contributed by atoms with Crippen molar-refractivity contribution >= 4 is 5.57 Å². The van der Waals surface area contributed by atoms with Crippen LogP contribution in [0.2, 0.25) is 0 Å². The fourth-order valence-electron chi connectivity index (χ4n) is 3.27. The Balaban J connectivity index is 2.05. The molecule has 20 heavy (non-hydrogen) atoms. The van der Waals surface area contributed by atoms with Crippen LogP contribution in [0.1, 0.15) is 30.4 Å². The van der Waals surface area contributed by atoms with E-state index >= 15 is 0 Å². The predicted molar refractivity (Wildman–Crippen MR) is 68.6 cm³/mol. The number of rotatable bonds is 1. The summed E-state index contributed by atoms with van der Waals surface area (Å²) in [5.41, 5.74) is -0.0421. The van der Waals surface area contributed by atoms with Gasteiger partial charge < -0.3 is 0 Å². The van der Waals surface area contributed by atoms with Gasteiger partial charge in [-0.1, -0.05) is 12.1 Å². The molecular formula is C15H15F4N. The molecular weight excluding hydrogens is 270 g/mol. The molecule has 0 radical (unpaired) electrons. The van der Waals surface area contributed by atoms with Gasteiger partial charge in [-0.15, -0.1) is 0 Å². The van der Waals surface area contributed by atoms with Crippen molar-refractivity contribution in [2.24, 2.45) is 0 Å². The lowest BCUT2D eigenvalue weighted by Gasteiger charge is -2.31. The van der Waals surface area contributed by atoms with Crippen molar-refractivity contribution in [2.75, 3.05) is 7.05 Å². The number of likely N-dealkylation sites (N-methyl/N-ethyl adjacent to an activating group) is 1. The van der Waals surface area contributed by atoms with Gasteiger partial charge in [-0.3, -0.25) is 4.90 Å². The highest BCUT2D eigenvalue weighted by atomic mass is 19.4. The molecule has 0 N–H and O–H groups in total. The Morgan fingerprint density at radius 1 is 1.20 bits per heavy atom. The van der Waals surface area contributed by atoms with Gasteiger partial charge in [-0.2, -0.15) is 13.2 Å². The molecule has 2 aliphatic rings. The molecule has 0 amide bonds. The second kappa shape index (κ2) is 4.58. The van der Waals surface area contributed by atoms with Crippen molar-refractivity contribution in [3.63, 3.8) is 0 Å².